The van der Waals surface area contributed by atoms with Gasteiger partial charge in [0.2, 0.25) is 0 Å². The lowest BCUT2D eigenvalue weighted by molar-refractivity contribution is 0.439. The molecule has 0 heterocycles. The van der Waals surface area contributed by atoms with Gasteiger partial charge in [0.1, 0.15) is 0 Å². The molecule has 2 rings (SSSR count). The third-order valence-corrected chi connectivity index (χ3v) is 3.77. The summed E-state index contributed by atoms with van der Waals surface area (Å²) in [5.41, 5.74) is 3.40. The van der Waals surface area contributed by atoms with Gasteiger partial charge in [-0.3, -0.25) is 11.3 Å². The standard InChI is InChI=1S/C14H11Cl2F3N2/c15-9-2-1-7(3-10(9)16)4-13(21-20)8-5-11(17)14(19)12(18)6-8/h1-3,5-6,13,21H,4,20H2. The average Bonchev–Trinajstić information content (AvgIpc) is 2.45. The first-order valence-electron chi connectivity index (χ1n) is 5.97. The summed E-state index contributed by atoms with van der Waals surface area (Å²) in [7, 11) is 0. The molecule has 0 aliphatic heterocycles. The van der Waals surface area contributed by atoms with E-state index >= 15 is 0 Å². The van der Waals surface area contributed by atoms with E-state index in [-0.39, 0.29) is 5.56 Å². The molecule has 7 heteroatoms. The Morgan fingerprint density at radius 2 is 1.62 bits per heavy atom. The Kier molecular flexibility index (Phi) is 5.11. The smallest absolute Gasteiger partial charge is 0.194 e. The summed E-state index contributed by atoms with van der Waals surface area (Å²) in [4.78, 5) is 0. The molecular formula is C14H11Cl2F3N2. The minimum absolute atomic E-state index is 0.194. The molecule has 0 bridgehead atoms. The Morgan fingerprint density at radius 3 is 2.14 bits per heavy atom. The van der Waals surface area contributed by atoms with Gasteiger partial charge in [0.25, 0.3) is 0 Å². The van der Waals surface area contributed by atoms with Crippen LogP contribution >= 0.6 is 23.2 Å². The van der Waals surface area contributed by atoms with Gasteiger partial charge >= 0.3 is 0 Å². The monoisotopic (exact) mass is 334 g/mol. The number of hydrazine groups is 1. The van der Waals surface area contributed by atoms with Gasteiger partial charge in [0.15, 0.2) is 17.5 Å². The number of benzene rings is 2. The van der Waals surface area contributed by atoms with Gasteiger partial charge in [-0.1, -0.05) is 29.3 Å². The second-order valence-electron chi connectivity index (χ2n) is 4.47. The van der Waals surface area contributed by atoms with Gasteiger partial charge in [0, 0.05) is 0 Å². The maximum Gasteiger partial charge on any atom is 0.194 e. The van der Waals surface area contributed by atoms with Crippen LogP contribution in [-0.2, 0) is 6.42 Å². The Labute approximate surface area is 129 Å². The van der Waals surface area contributed by atoms with Gasteiger partial charge in [0.05, 0.1) is 16.1 Å². The van der Waals surface area contributed by atoms with Gasteiger partial charge in [-0.25, -0.2) is 13.2 Å². The van der Waals surface area contributed by atoms with Crippen LogP contribution < -0.4 is 11.3 Å². The molecule has 0 fully saturated rings. The molecule has 2 nitrogen and oxygen atoms in total. The van der Waals surface area contributed by atoms with Crippen LogP contribution in [0.2, 0.25) is 10.0 Å². The predicted molar refractivity (Wildman–Crippen MR) is 76.5 cm³/mol. The minimum atomic E-state index is -1.51. The van der Waals surface area contributed by atoms with Crippen molar-refractivity contribution in [2.45, 2.75) is 12.5 Å². The van der Waals surface area contributed by atoms with Crippen LogP contribution in [0.25, 0.3) is 0 Å². The first-order valence-corrected chi connectivity index (χ1v) is 6.72. The van der Waals surface area contributed by atoms with E-state index in [0.29, 0.717) is 16.5 Å². The number of hydrogen-bond donors (Lipinski definition) is 2. The van der Waals surface area contributed by atoms with Crippen LogP contribution in [0.15, 0.2) is 30.3 Å². The van der Waals surface area contributed by atoms with E-state index in [9.17, 15) is 13.2 Å². The van der Waals surface area contributed by atoms with Gasteiger partial charge in [-0.05, 0) is 41.8 Å². The zero-order valence-corrected chi connectivity index (χ0v) is 12.2. The molecule has 0 saturated carbocycles. The number of halogens is 5. The average molecular weight is 335 g/mol. The summed E-state index contributed by atoms with van der Waals surface area (Å²) in [6.07, 6.45) is 0.303. The zero-order chi connectivity index (χ0) is 15.6. The first-order chi connectivity index (χ1) is 9.92. The maximum atomic E-state index is 13.3. The summed E-state index contributed by atoms with van der Waals surface area (Å²) < 4.78 is 39.5. The van der Waals surface area contributed by atoms with Crippen LogP contribution in [0.1, 0.15) is 17.2 Å². The molecule has 3 N–H and O–H groups in total. The van der Waals surface area contributed by atoms with Crippen molar-refractivity contribution in [2.75, 3.05) is 0 Å². The highest BCUT2D eigenvalue weighted by atomic mass is 35.5. The van der Waals surface area contributed by atoms with Gasteiger partial charge < -0.3 is 0 Å². The van der Waals surface area contributed by atoms with Crippen LogP contribution in [0.3, 0.4) is 0 Å². The van der Waals surface area contributed by atoms with E-state index in [1.54, 1.807) is 18.2 Å². The molecule has 0 radical (unpaired) electrons. The molecule has 0 saturated heterocycles. The second-order valence-corrected chi connectivity index (χ2v) is 5.28. The predicted octanol–water partition coefficient (Wildman–Crippen LogP) is 4.16. The molecule has 0 aliphatic carbocycles. The van der Waals surface area contributed by atoms with Crippen LogP contribution in [0, 0.1) is 17.5 Å². The summed E-state index contributed by atoms with van der Waals surface area (Å²) >= 11 is 11.7. The van der Waals surface area contributed by atoms with E-state index < -0.39 is 23.5 Å². The molecule has 1 unspecified atom stereocenters. The zero-order valence-electron chi connectivity index (χ0n) is 10.6. The molecule has 0 aromatic heterocycles. The Balaban J connectivity index is 2.29. The molecule has 0 amide bonds. The van der Waals surface area contributed by atoms with E-state index in [0.717, 1.165) is 17.7 Å². The van der Waals surface area contributed by atoms with Crippen molar-refractivity contribution in [3.05, 3.63) is 69.0 Å². The molecule has 112 valence electrons. The van der Waals surface area contributed by atoms with E-state index in [1.165, 1.54) is 0 Å². The van der Waals surface area contributed by atoms with E-state index in [1.807, 2.05) is 0 Å². The van der Waals surface area contributed by atoms with Crippen LogP contribution in [0.5, 0.6) is 0 Å². The maximum absolute atomic E-state index is 13.3. The van der Waals surface area contributed by atoms with Gasteiger partial charge in [-0.15, -0.1) is 0 Å². The third-order valence-electron chi connectivity index (χ3n) is 3.03. The molecule has 0 aliphatic rings. The fraction of sp³-hybridized carbons (Fsp3) is 0.143. The van der Waals surface area contributed by atoms with Crippen LogP contribution in [-0.4, -0.2) is 0 Å². The number of rotatable bonds is 4. The van der Waals surface area contributed by atoms with Crippen molar-refractivity contribution in [3.8, 4) is 0 Å². The lowest BCUT2D eigenvalue weighted by Crippen LogP contribution is -2.29. The molecule has 0 spiro atoms. The number of nitrogens with one attached hydrogen (secondary N) is 1. The fourth-order valence-corrected chi connectivity index (χ4v) is 2.27. The Hall–Kier alpha value is -1.27. The van der Waals surface area contributed by atoms with Crippen molar-refractivity contribution in [3.63, 3.8) is 0 Å². The largest absolute Gasteiger partial charge is 0.271 e. The van der Waals surface area contributed by atoms with Crippen molar-refractivity contribution in [1.29, 1.82) is 0 Å². The Bertz CT molecular complexity index is 642. The van der Waals surface area contributed by atoms with Crippen molar-refractivity contribution < 1.29 is 13.2 Å². The third kappa shape index (κ3) is 3.68. The van der Waals surface area contributed by atoms with E-state index in [2.05, 4.69) is 5.43 Å². The molecule has 2 aromatic rings. The number of nitrogens with two attached hydrogens (primary N) is 1. The molecule has 1 atom stereocenters. The number of hydrogen-bond acceptors (Lipinski definition) is 2. The second kappa shape index (κ2) is 6.66. The summed E-state index contributed by atoms with van der Waals surface area (Å²) in [5.74, 6) is 1.37. The minimum Gasteiger partial charge on any atom is -0.271 e. The van der Waals surface area contributed by atoms with Gasteiger partial charge in [-0.2, -0.15) is 0 Å². The molecule has 21 heavy (non-hydrogen) atoms. The lowest BCUT2D eigenvalue weighted by Gasteiger charge is -2.17. The topological polar surface area (TPSA) is 38.0 Å². The first kappa shape index (κ1) is 16.1. The van der Waals surface area contributed by atoms with Crippen molar-refractivity contribution >= 4 is 23.2 Å². The fourth-order valence-electron chi connectivity index (χ4n) is 1.95. The Morgan fingerprint density at radius 1 is 1.00 bits per heavy atom. The van der Waals surface area contributed by atoms with Crippen molar-refractivity contribution in [1.82, 2.24) is 5.43 Å². The highest BCUT2D eigenvalue weighted by Gasteiger charge is 2.17. The normalized spacial score (nSPS) is 12.5. The van der Waals surface area contributed by atoms with Crippen molar-refractivity contribution in [2.24, 2.45) is 5.84 Å². The quantitative estimate of drug-likeness (QED) is 0.500. The summed E-state index contributed by atoms with van der Waals surface area (Å²) in [6.45, 7) is 0. The molecule has 2 aromatic carbocycles. The highest BCUT2D eigenvalue weighted by molar-refractivity contribution is 6.42. The molecular weight excluding hydrogens is 324 g/mol. The summed E-state index contributed by atoms with van der Waals surface area (Å²) in [6, 6.07) is 6.16. The van der Waals surface area contributed by atoms with Crippen LogP contribution in [0.4, 0.5) is 13.2 Å². The summed E-state index contributed by atoms with van der Waals surface area (Å²) in [5, 5.41) is 0.762. The van der Waals surface area contributed by atoms with E-state index in [4.69, 9.17) is 29.0 Å². The SMILES string of the molecule is NNC(Cc1ccc(Cl)c(Cl)c1)c1cc(F)c(F)c(F)c1. The highest BCUT2D eigenvalue weighted by Crippen LogP contribution is 2.26. The lowest BCUT2D eigenvalue weighted by atomic mass is 9.99.